The van der Waals surface area contributed by atoms with Crippen LogP contribution in [0, 0.1) is 6.92 Å². The maximum atomic E-state index is 12.1. The predicted molar refractivity (Wildman–Crippen MR) is 91.3 cm³/mol. The number of carbonyl (C=O) groups is 2. The summed E-state index contributed by atoms with van der Waals surface area (Å²) in [6, 6.07) is 12.6. The number of carbonyl (C=O) groups excluding carboxylic acids is 2. The topological polar surface area (TPSA) is 67.4 Å². The Balaban J connectivity index is 1.99. The molecule has 0 saturated carbocycles. The van der Waals surface area contributed by atoms with Crippen LogP contribution in [0.15, 0.2) is 42.5 Å². The van der Waals surface area contributed by atoms with Crippen molar-refractivity contribution in [2.45, 2.75) is 13.8 Å². The summed E-state index contributed by atoms with van der Waals surface area (Å²) in [6.07, 6.45) is 0. The van der Waals surface area contributed by atoms with E-state index in [0.717, 1.165) is 11.3 Å². The molecular formula is C18H20N2O3. The fourth-order valence-electron chi connectivity index (χ4n) is 2.14. The monoisotopic (exact) mass is 312 g/mol. The SMILES string of the molecule is COc1ccc(C)cc1NC(=O)CNc1cccc(C(C)=O)c1. The summed E-state index contributed by atoms with van der Waals surface area (Å²) in [7, 11) is 1.56. The highest BCUT2D eigenvalue weighted by Crippen LogP contribution is 2.25. The van der Waals surface area contributed by atoms with Gasteiger partial charge in [-0.15, -0.1) is 0 Å². The van der Waals surface area contributed by atoms with Gasteiger partial charge in [-0.1, -0.05) is 18.2 Å². The van der Waals surface area contributed by atoms with E-state index in [2.05, 4.69) is 10.6 Å². The van der Waals surface area contributed by atoms with E-state index in [1.807, 2.05) is 31.2 Å². The number of rotatable bonds is 6. The summed E-state index contributed by atoms with van der Waals surface area (Å²) in [5.41, 5.74) is 3.00. The summed E-state index contributed by atoms with van der Waals surface area (Å²) in [5, 5.41) is 5.82. The number of anilines is 2. The highest BCUT2D eigenvalue weighted by Gasteiger charge is 2.08. The molecule has 0 atom stereocenters. The number of amides is 1. The van der Waals surface area contributed by atoms with Crippen LogP contribution < -0.4 is 15.4 Å². The van der Waals surface area contributed by atoms with Crippen LogP contribution in [-0.2, 0) is 4.79 Å². The quantitative estimate of drug-likeness (QED) is 0.803. The van der Waals surface area contributed by atoms with Crippen LogP contribution in [0.25, 0.3) is 0 Å². The molecule has 5 nitrogen and oxygen atoms in total. The van der Waals surface area contributed by atoms with E-state index in [1.165, 1.54) is 6.92 Å². The van der Waals surface area contributed by atoms with Crippen LogP contribution in [0.4, 0.5) is 11.4 Å². The number of Topliss-reactive ketones (excluding diaryl/α,β-unsaturated/α-hetero) is 1. The Morgan fingerprint density at radius 3 is 2.61 bits per heavy atom. The van der Waals surface area contributed by atoms with Crippen molar-refractivity contribution >= 4 is 23.1 Å². The second-order valence-corrected chi connectivity index (χ2v) is 5.24. The first kappa shape index (κ1) is 16.5. The van der Waals surface area contributed by atoms with Crippen molar-refractivity contribution in [3.8, 4) is 5.75 Å². The Kier molecular flexibility index (Phi) is 5.36. The van der Waals surface area contributed by atoms with Gasteiger partial charge in [0.25, 0.3) is 0 Å². The lowest BCUT2D eigenvalue weighted by atomic mass is 10.1. The lowest BCUT2D eigenvalue weighted by Gasteiger charge is -2.12. The largest absolute Gasteiger partial charge is 0.495 e. The second kappa shape index (κ2) is 7.45. The molecule has 0 aromatic heterocycles. The molecule has 1 amide bonds. The molecule has 2 aromatic rings. The minimum absolute atomic E-state index is 0.0115. The van der Waals surface area contributed by atoms with Gasteiger partial charge in [-0.3, -0.25) is 9.59 Å². The molecule has 0 unspecified atom stereocenters. The van der Waals surface area contributed by atoms with Gasteiger partial charge in [0.15, 0.2) is 5.78 Å². The Bertz CT molecular complexity index is 726. The first-order chi connectivity index (χ1) is 11.0. The number of aryl methyl sites for hydroxylation is 1. The maximum absolute atomic E-state index is 12.1. The standard InChI is InChI=1S/C18H20N2O3/c1-12-7-8-17(23-3)16(9-12)20-18(22)11-19-15-6-4-5-14(10-15)13(2)21/h4-10,19H,11H2,1-3H3,(H,20,22). The Morgan fingerprint density at radius 2 is 1.91 bits per heavy atom. The van der Waals surface area contributed by atoms with Gasteiger partial charge in [-0.2, -0.15) is 0 Å². The van der Waals surface area contributed by atoms with Crippen LogP contribution in [-0.4, -0.2) is 25.3 Å². The zero-order chi connectivity index (χ0) is 16.8. The smallest absolute Gasteiger partial charge is 0.243 e. The number of benzene rings is 2. The molecule has 0 aliphatic rings. The molecule has 0 radical (unpaired) electrons. The summed E-state index contributed by atoms with van der Waals surface area (Å²) in [5.74, 6) is 0.409. The molecular weight excluding hydrogens is 292 g/mol. The molecule has 2 N–H and O–H groups in total. The van der Waals surface area contributed by atoms with E-state index >= 15 is 0 Å². The molecule has 0 bridgehead atoms. The van der Waals surface area contributed by atoms with E-state index in [9.17, 15) is 9.59 Å². The van der Waals surface area contributed by atoms with Gasteiger partial charge in [-0.25, -0.2) is 0 Å². The zero-order valence-electron chi connectivity index (χ0n) is 13.5. The zero-order valence-corrected chi connectivity index (χ0v) is 13.5. The maximum Gasteiger partial charge on any atom is 0.243 e. The minimum atomic E-state index is -0.192. The number of hydrogen-bond donors (Lipinski definition) is 2. The molecule has 2 rings (SSSR count). The summed E-state index contributed by atoms with van der Waals surface area (Å²) in [6.45, 7) is 3.55. The van der Waals surface area contributed by atoms with Crippen molar-refractivity contribution < 1.29 is 14.3 Å². The summed E-state index contributed by atoms with van der Waals surface area (Å²) < 4.78 is 5.23. The van der Waals surface area contributed by atoms with Crippen LogP contribution in [0.3, 0.4) is 0 Å². The summed E-state index contributed by atoms with van der Waals surface area (Å²) >= 11 is 0. The Morgan fingerprint density at radius 1 is 1.13 bits per heavy atom. The minimum Gasteiger partial charge on any atom is -0.495 e. The normalized spacial score (nSPS) is 10.0. The van der Waals surface area contributed by atoms with Gasteiger partial charge in [0, 0.05) is 11.3 Å². The molecule has 0 saturated heterocycles. The first-order valence-corrected chi connectivity index (χ1v) is 7.29. The molecule has 23 heavy (non-hydrogen) atoms. The average molecular weight is 312 g/mol. The highest BCUT2D eigenvalue weighted by atomic mass is 16.5. The number of nitrogens with one attached hydrogen (secondary N) is 2. The predicted octanol–water partition coefficient (Wildman–Crippen LogP) is 3.26. The van der Waals surface area contributed by atoms with Gasteiger partial charge >= 0.3 is 0 Å². The van der Waals surface area contributed by atoms with Crippen molar-refractivity contribution in [2.75, 3.05) is 24.3 Å². The molecule has 0 heterocycles. The van der Waals surface area contributed by atoms with Crippen LogP contribution in [0.1, 0.15) is 22.8 Å². The lowest BCUT2D eigenvalue weighted by Crippen LogP contribution is -2.22. The lowest BCUT2D eigenvalue weighted by molar-refractivity contribution is -0.114. The number of ether oxygens (including phenoxy) is 1. The molecule has 0 aliphatic carbocycles. The molecule has 0 aliphatic heterocycles. The van der Waals surface area contributed by atoms with E-state index < -0.39 is 0 Å². The number of hydrogen-bond acceptors (Lipinski definition) is 4. The first-order valence-electron chi connectivity index (χ1n) is 7.29. The average Bonchev–Trinajstić information content (AvgIpc) is 2.53. The van der Waals surface area contributed by atoms with Crippen molar-refractivity contribution in [1.82, 2.24) is 0 Å². The molecule has 0 fully saturated rings. The van der Waals surface area contributed by atoms with Gasteiger partial charge < -0.3 is 15.4 Å². The third kappa shape index (κ3) is 4.57. The molecule has 2 aromatic carbocycles. The summed E-state index contributed by atoms with van der Waals surface area (Å²) in [4.78, 5) is 23.4. The number of ketones is 1. The van der Waals surface area contributed by atoms with Crippen molar-refractivity contribution in [2.24, 2.45) is 0 Å². The highest BCUT2D eigenvalue weighted by molar-refractivity contribution is 5.96. The van der Waals surface area contributed by atoms with Crippen LogP contribution >= 0.6 is 0 Å². The van der Waals surface area contributed by atoms with Crippen LogP contribution in [0.2, 0.25) is 0 Å². The van der Waals surface area contributed by atoms with E-state index in [1.54, 1.807) is 25.3 Å². The second-order valence-electron chi connectivity index (χ2n) is 5.24. The third-order valence-corrected chi connectivity index (χ3v) is 3.35. The number of methoxy groups -OCH3 is 1. The fourth-order valence-corrected chi connectivity index (χ4v) is 2.14. The fraction of sp³-hybridized carbons (Fsp3) is 0.222. The van der Waals surface area contributed by atoms with Crippen molar-refractivity contribution in [3.63, 3.8) is 0 Å². The van der Waals surface area contributed by atoms with Crippen LogP contribution in [0.5, 0.6) is 5.75 Å². The van der Waals surface area contributed by atoms with Crippen molar-refractivity contribution in [3.05, 3.63) is 53.6 Å². The third-order valence-electron chi connectivity index (χ3n) is 3.35. The van der Waals surface area contributed by atoms with Gasteiger partial charge in [0.2, 0.25) is 5.91 Å². The van der Waals surface area contributed by atoms with E-state index in [0.29, 0.717) is 17.0 Å². The van der Waals surface area contributed by atoms with Gasteiger partial charge in [0.05, 0.1) is 19.3 Å². The molecule has 5 heteroatoms. The van der Waals surface area contributed by atoms with E-state index in [-0.39, 0.29) is 18.2 Å². The van der Waals surface area contributed by atoms with Crippen molar-refractivity contribution in [1.29, 1.82) is 0 Å². The molecule has 120 valence electrons. The molecule has 0 spiro atoms. The Labute approximate surface area is 135 Å². The van der Waals surface area contributed by atoms with Gasteiger partial charge in [-0.05, 0) is 43.7 Å². The van der Waals surface area contributed by atoms with Gasteiger partial charge in [0.1, 0.15) is 5.75 Å². The van der Waals surface area contributed by atoms with E-state index in [4.69, 9.17) is 4.74 Å². The Hall–Kier alpha value is -2.82.